The van der Waals surface area contributed by atoms with Gasteiger partial charge in [0.05, 0.1) is 38.6 Å². The molecule has 1 amide bonds. The van der Waals surface area contributed by atoms with Crippen molar-refractivity contribution in [3.05, 3.63) is 122 Å². The zero-order valence-electron chi connectivity index (χ0n) is 57.6. The fourth-order valence-corrected chi connectivity index (χ4v) is 11.4. The Morgan fingerprint density at radius 2 is 0.737 bits per heavy atom. The molecule has 0 bridgehead atoms. The van der Waals surface area contributed by atoms with E-state index in [-0.39, 0.29) is 18.9 Å². The monoisotopic (exact) mass is 1340 g/mol. The number of rotatable bonds is 54. The normalized spacial score (nSPS) is 27.9. The smallest absolute Gasteiger partial charge is 0.220 e. The molecule has 0 aromatic carbocycles. The van der Waals surface area contributed by atoms with E-state index >= 15 is 0 Å². The first-order valence-corrected chi connectivity index (χ1v) is 36.3. The van der Waals surface area contributed by atoms with Crippen LogP contribution in [0, 0.1) is 0 Å². The average molecular weight is 1340 g/mol. The average Bonchev–Trinajstić information content (AvgIpc) is 0.799. The van der Waals surface area contributed by atoms with E-state index in [4.69, 9.17) is 28.4 Å². The molecule has 3 aliphatic rings. The third-order valence-electron chi connectivity index (χ3n) is 17.2. The third-order valence-corrected chi connectivity index (χ3v) is 17.2. The fourth-order valence-electron chi connectivity index (χ4n) is 11.4. The van der Waals surface area contributed by atoms with Crippen molar-refractivity contribution in [2.75, 3.05) is 26.4 Å². The first-order chi connectivity index (χ1) is 46.3. The van der Waals surface area contributed by atoms with Gasteiger partial charge in [-0.05, 0) is 103 Å². The quantitative estimate of drug-likeness (QED) is 0.0199. The van der Waals surface area contributed by atoms with Crippen LogP contribution in [-0.4, -0.2) is 193 Å². The molecule has 19 heteroatoms. The summed E-state index contributed by atoms with van der Waals surface area (Å²) < 4.78 is 34.3. The van der Waals surface area contributed by atoms with Gasteiger partial charge in [0.2, 0.25) is 5.91 Å². The Bertz CT molecular complexity index is 2190. The summed E-state index contributed by atoms with van der Waals surface area (Å²) in [6, 6.07) is -1.00. The molecule has 0 aromatic rings. The molecule has 0 aromatic heterocycles. The number of amides is 1. The van der Waals surface area contributed by atoms with E-state index in [1.165, 1.54) is 83.5 Å². The highest BCUT2D eigenvalue weighted by Crippen LogP contribution is 2.33. The van der Waals surface area contributed by atoms with Gasteiger partial charge in [-0.2, -0.15) is 0 Å². The molecular weight excluding hydrogens is 1210 g/mol. The zero-order chi connectivity index (χ0) is 68.9. The van der Waals surface area contributed by atoms with Crippen LogP contribution < -0.4 is 5.32 Å². The van der Waals surface area contributed by atoms with Gasteiger partial charge in [0.15, 0.2) is 18.9 Å². The van der Waals surface area contributed by atoms with Crippen LogP contribution in [0.4, 0.5) is 0 Å². The van der Waals surface area contributed by atoms with Crippen LogP contribution in [-0.2, 0) is 33.2 Å². The molecule has 0 spiro atoms. The number of ether oxygens (including phenoxy) is 6. The standard InChI is InChI=1S/C76H127NO18/c1-3-5-7-9-11-13-15-17-19-20-21-22-23-24-25-26-27-28-29-30-31-32-33-34-35-36-37-38-40-42-44-46-48-50-52-54-64(82)77-59(60(81)53-51-49-47-45-43-41-39-18-16-14-12-10-8-6-4-2)58-90-74-70(88)67(85)72(62(56-79)92-74)95-76-71(89)68(86)73(63(57-80)93-76)94-75-69(87)66(84)65(83)61(55-78)91-75/h5,7,11,13,16-19,21-22,24-25,27-28,30-31,43,45,51,53,59-63,65-76,78-81,83-89H,3-4,6,8-10,12,14-15,20,23,26,29,32-42,44,46-50,52,54-58H2,1-2H3,(H,77,82)/b7-5-,13-11-,18-16+,19-17-,22-21-,25-24-,28-27-,31-30-,45-43+,53-51+. The van der Waals surface area contributed by atoms with Crippen LogP contribution in [0.1, 0.15) is 219 Å². The van der Waals surface area contributed by atoms with Gasteiger partial charge in [-0.15, -0.1) is 0 Å². The molecule has 3 aliphatic heterocycles. The van der Waals surface area contributed by atoms with Crippen molar-refractivity contribution in [1.29, 1.82) is 0 Å². The number of carbonyl (C=O) groups excluding carboxylic acids is 1. The molecule has 95 heavy (non-hydrogen) atoms. The number of aliphatic hydroxyl groups is 11. The molecule has 0 aliphatic carbocycles. The van der Waals surface area contributed by atoms with Gasteiger partial charge in [0.1, 0.15) is 73.2 Å². The Balaban J connectivity index is 1.37. The van der Waals surface area contributed by atoms with Crippen molar-refractivity contribution in [2.24, 2.45) is 0 Å². The topological polar surface area (TPSA) is 307 Å². The first kappa shape index (κ1) is 85.4. The largest absolute Gasteiger partial charge is 0.394 e. The van der Waals surface area contributed by atoms with Gasteiger partial charge in [-0.3, -0.25) is 4.79 Å². The van der Waals surface area contributed by atoms with E-state index in [0.717, 1.165) is 103 Å². The predicted molar refractivity (Wildman–Crippen MR) is 373 cm³/mol. The highest BCUT2D eigenvalue weighted by Gasteiger charge is 2.53. The fraction of sp³-hybridized carbons (Fsp3) is 0.724. The van der Waals surface area contributed by atoms with E-state index in [0.29, 0.717) is 12.8 Å². The first-order valence-electron chi connectivity index (χ1n) is 36.3. The van der Waals surface area contributed by atoms with Gasteiger partial charge in [0.25, 0.3) is 0 Å². The van der Waals surface area contributed by atoms with Crippen LogP contribution in [0.2, 0.25) is 0 Å². The molecule has 3 saturated heterocycles. The molecule has 3 fully saturated rings. The van der Waals surface area contributed by atoms with E-state index < -0.39 is 124 Å². The van der Waals surface area contributed by atoms with Gasteiger partial charge < -0.3 is 89.9 Å². The van der Waals surface area contributed by atoms with Gasteiger partial charge in [0, 0.05) is 6.42 Å². The molecule has 0 radical (unpaired) electrons. The maximum absolute atomic E-state index is 13.4. The number of carbonyl (C=O) groups is 1. The van der Waals surface area contributed by atoms with Crippen molar-refractivity contribution in [2.45, 2.75) is 324 Å². The zero-order valence-corrected chi connectivity index (χ0v) is 57.6. The van der Waals surface area contributed by atoms with Crippen molar-refractivity contribution in [3.63, 3.8) is 0 Å². The molecule has 544 valence electrons. The molecule has 0 saturated carbocycles. The number of unbranched alkanes of at least 4 members (excludes halogenated alkanes) is 20. The minimum atomic E-state index is -1.99. The minimum Gasteiger partial charge on any atom is -0.394 e. The van der Waals surface area contributed by atoms with Crippen LogP contribution >= 0.6 is 0 Å². The summed E-state index contributed by atoms with van der Waals surface area (Å²) in [6.45, 7) is 1.56. The molecule has 17 unspecified atom stereocenters. The summed E-state index contributed by atoms with van der Waals surface area (Å²) in [7, 11) is 0. The molecule has 19 nitrogen and oxygen atoms in total. The Hall–Kier alpha value is -3.81. The van der Waals surface area contributed by atoms with E-state index in [2.05, 4.69) is 129 Å². The van der Waals surface area contributed by atoms with Crippen LogP contribution in [0.3, 0.4) is 0 Å². The summed E-state index contributed by atoms with van der Waals surface area (Å²) in [6.07, 6.45) is 50.4. The molecule has 3 rings (SSSR count). The van der Waals surface area contributed by atoms with Gasteiger partial charge >= 0.3 is 0 Å². The Kier molecular flexibility index (Phi) is 50.3. The number of allylic oxidation sites excluding steroid dienone is 19. The van der Waals surface area contributed by atoms with Crippen molar-refractivity contribution in [3.8, 4) is 0 Å². The lowest BCUT2D eigenvalue weighted by Crippen LogP contribution is -2.66. The Morgan fingerprint density at radius 1 is 0.389 bits per heavy atom. The molecule has 3 heterocycles. The second-order valence-electron chi connectivity index (χ2n) is 25.3. The summed E-state index contributed by atoms with van der Waals surface area (Å²) >= 11 is 0. The predicted octanol–water partition coefficient (Wildman–Crippen LogP) is 10.4. The maximum atomic E-state index is 13.4. The van der Waals surface area contributed by atoms with Gasteiger partial charge in [-0.25, -0.2) is 0 Å². The summed E-state index contributed by atoms with van der Waals surface area (Å²) in [5, 5.41) is 120. The number of hydrogen-bond donors (Lipinski definition) is 12. The van der Waals surface area contributed by atoms with E-state index in [1.807, 2.05) is 6.08 Å². The van der Waals surface area contributed by atoms with Crippen molar-refractivity contribution >= 4 is 5.91 Å². The summed E-state index contributed by atoms with van der Waals surface area (Å²) in [5.41, 5.74) is 0. The van der Waals surface area contributed by atoms with Crippen LogP contribution in [0.15, 0.2) is 122 Å². The second kappa shape index (κ2) is 56.0. The highest BCUT2D eigenvalue weighted by molar-refractivity contribution is 5.76. The van der Waals surface area contributed by atoms with Crippen LogP contribution in [0.25, 0.3) is 0 Å². The number of hydrogen-bond acceptors (Lipinski definition) is 18. The molecule has 17 atom stereocenters. The molecular formula is C76H127NO18. The molecule has 12 N–H and O–H groups in total. The second-order valence-corrected chi connectivity index (χ2v) is 25.3. The third kappa shape index (κ3) is 37.3. The van der Waals surface area contributed by atoms with E-state index in [9.17, 15) is 61.0 Å². The number of aliphatic hydroxyl groups excluding tert-OH is 11. The Morgan fingerprint density at radius 3 is 1.18 bits per heavy atom. The van der Waals surface area contributed by atoms with E-state index in [1.54, 1.807) is 6.08 Å². The van der Waals surface area contributed by atoms with Crippen molar-refractivity contribution in [1.82, 2.24) is 5.32 Å². The lowest BCUT2D eigenvalue weighted by molar-refractivity contribution is -0.379. The summed E-state index contributed by atoms with van der Waals surface area (Å²) in [5.74, 6) is -0.296. The maximum Gasteiger partial charge on any atom is 0.220 e. The lowest BCUT2D eigenvalue weighted by Gasteiger charge is -2.48. The SMILES string of the molecule is CC/C=C\C/C=C\C/C=C\C/C=C\C/C=C\C/C=C\C/C=C\CCCCCCCCCCCCCCCC(=O)NC(COC1OC(CO)C(OC2OC(CO)C(OC3OC(CO)C(O)C(O)C3O)C(O)C2O)C(O)C1O)C(O)/C=C/CC/C=C/CC/C=C/CCCCCCC. The minimum absolute atomic E-state index is 0.223. The highest BCUT2D eigenvalue weighted by atomic mass is 16.8. The van der Waals surface area contributed by atoms with Crippen molar-refractivity contribution < 1.29 is 89.4 Å². The summed E-state index contributed by atoms with van der Waals surface area (Å²) in [4.78, 5) is 13.4. The van der Waals surface area contributed by atoms with Crippen LogP contribution in [0.5, 0.6) is 0 Å². The lowest BCUT2D eigenvalue weighted by atomic mass is 9.96. The Labute approximate surface area is 569 Å². The van der Waals surface area contributed by atoms with Gasteiger partial charge in [-0.1, -0.05) is 232 Å². The number of nitrogens with one attached hydrogen (secondary N) is 1.